The molecule has 6 heteroatoms. The number of benzene rings is 1. The topological polar surface area (TPSA) is 72.0 Å². The van der Waals surface area contributed by atoms with Crippen LogP contribution in [0.4, 0.5) is 4.39 Å². The molecule has 0 unspecified atom stereocenters. The van der Waals surface area contributed by atoms with Gasteiger partial charge in [0.15, 0.2) is 0 Å². The second-order valence-corrected chi connectivity index (χ2v) is 4.31. The van der Waals surface area contributed by atoms with Gasteiger partial charge in [-0.15, -0.1) is 0 Å². The highest BCUT2D eigenvalue weighted by Gasteiger charge is 2.14. The largest absolute Gasteiger partial charge is 0.507 e. The van der Waals surface area contributed by atoms with Crippen molar-refractivity contribution in [2.24, 2.45) is 0 Å². The molecule has 2 aromatic heterocycles. The van der Waals surface area contributed by atoms with Crippen molar-refractivity contribution in [3.05, 3.63) is 47.9 Å². The molecular weight excluding hydrogens is 261 g/mol. The Labute approximate surface area is 113 Å². The van der Waals surface area contributed by atoms with Crippen LogP contribution in [-0.4, -0.2) is 20.2 Å². The molecule has 0 aliphatic rings. The van der Waals surface area contributed by atoms with E-state index >= 15 is 0 Å². The Morgan fingerprint density at radius 2 is 2.05 bits per heavy atom. The van der Waals surface area contributed by atoms with E-state index in [0.717, 1.165) is 11.8 Å². The van der Waals surface area contributed by atoms with Gasteiger partial charge in [0.1, 0.15) is 17.3 Å². The molecule has 3 rings (SSSR count). The molecule has 20 heavy (non-hydrogen) atoms. The van der Waals surface area contributed by atoms with E-state index in [4.69, 9.17) is 4.52 Å². The third kappa shape index (κ3) is 2.23. The van der Waals surface area contributed by atoms with Crippen LogP contribution in [0.25, 0.3) is 23.0 Å². The highest BCUT2D eigenvalue weighted by Crippen LogP contribution is 2.29. The van der Waals surface area contributed by atoms with Gasteiger partial charge in [-0.1, -0.05) is 11.2 Å². The van der Waals surface area contributed by atoms with Gasteiger partial charge in [0.2, 0.25) is 5.82 Å². The maximum atomic E-state index is 12.8. The van der Waals surface area contributed by atoms with Gasteiger partial charge >= 0.3 is 0 Å². The molecule has 0 aliphatic heterocycles. The van der Waals surface area contributed by atoms with Crippen LogP contribution < -0.4 is 0 Å². The van der Waals surface area contributed by atoms with Gasteiger partial charge in [0.25, 0.3) is 5.89 Å². The lowest BCUT2D eigenvalue weighted by Crippen LogP contribution is -1.86. The standard InChI is InChI=1S/C14H10FN3O2/c1-8-2-4-10(12(19)6-8)14-17-13(18-20-14)11-5-3-9(15)7-16-11/h2-7,19H,1H3. The number of halogens is 1. The number of hydrogen-bond acceptors (Lipinski definition) is 5. The van der Waals surface area contributed by atoms with Crippen molar-refractivity contribution in [2.75, 3.05) is 0 Å². The van der Waals surface area contributed by atoms with Crippen molar-refractivity contribution in [3.63, 3.8) is 0 Å². The average Bonchev–Trinajstić information content (AvgIpc) is 2.89. The molecule has 0 bridgehead atoms. The SMILES string of the molecule is Cc1ccc(-c2nc(-c3ccc(F)cn3)no2)c(O)c1. The maximum Gasteiger partial charge on any atom is 0.262 e. The van der Waals surface area contributed by atoms with Crippen molar-refractivity contribution in [3.8, 4) is 28.7 Å². The monoisotopic (exact) mass is 271 g/mol. The first-order chi connectivity index (χ1) is 9.63. The zero-order valence-corrected chi connectivity index (χ0v) is 10.5. The Kier molecular flexibility index (Phi) is 2.90. The quantitative estimate of drug-likeness (QED) is 0.775. The summed E-state index contributed by atoms with van der Waals surface area (Å²) in [5.41, 5.74) is 1.76. The van der Waals surface area contributed by atoms with E-state index in [1.165, 1.54) is 12.1 Å². The number of phenolic OH excluding ortho intramolecular Hbond substituents is 1. The predicted octanol–water partition coefficient (Wildman–Crippen LogP) is 2.95. The molecule has 2 heterocycles. The van der Waals surface area contributed by atoms with Crippen LogP contribution in [0.5, 0.6) is 5.75 Å². The van der Waals surface area contributed by atoms with Crippen LogP contribution in [-0.2, 0) is 0 Å². The summed E-state index contributed by atoms with van der Waals surface area (Å²) in [6.45, 7) is 1.87. The predicted molar refractivity (Wildman–Crippen MR) is 69.3 cm³/mol. The molecule has 5 nitrogen and oxygen atoms in total. The van der Waals surface area contributed by atoms with Gasteiger partial charge in [0, 0.05) is 0 Å². The second-order valence-electron chi connectivity index (χ2n) is 4.31. The molecule has 3 aromatic rings. The number of nitrogens with zero attached hydrogens (tertiary/aromatic N) is 3. The summed E-state index contributed by atoms with van der Waals surface area (Å²) < 4.78 is 17.9. The van der Waals surface area contributed by atoms with Crippen LogP contribution in [0.2, 0.25) is 0 Å². The molecule has 0 saturated carbocycles. The summed E-state index contributed by atoms with van der Waals surface area (Å²) in [5, 5.41) is 13.6. The molecule has 1 aromatic carbocycles. The summed E-state index contributed by atoms with van der Waals surface area (Å²) in [5.74, 6) is 0.0458. The van der Waals surface area contributed by atoms with Crippen LogP contribution in [0, 0.1) is 12.7 Å². The van der Waals surface area contributed by atoms with Gasteiger partial charge in [-0.3, -0.25) is 0 Å². The van der Waals surface area contributed by atoms with Crippen molar-refractivity contribution in [1.29, 1.82) is 0 Å². The smallest absolute Gasteiger partial charge is 0.262 e. The number of rotatable bonds is 2. The summed E-state index contributed by atoms with van der Waals surface area (Å²) in [7, 11) is 0. The van der Waals surface area contributed by atoms with Gasteiger partial charge in [0.05, 0.1) is 11.8 Å². The molecule has 0 atom stereocenters. The van der Waals surface area contributed by atoms with E-state index in [0.29, 0.717) is 11.3 Å². The fourth-order valence-electron chi connectivity index (χ4n) is 1.77. The minimum atomic E-state index is -0.436. The van der Waals surface area contributed by atoms with Crippen LogP contribution in [0.3, 0.4) is 0 Å². The molecule has 0 amide bonds. The number of aryl methyl sites for hydroxylation is 1. The fourth-order valence-corrected chi connectivity index (χ4v) is 1.77. The van der Waals surface area contributed by atoms with E-state index in [1.807, 2.05) is 13.0 Å². The van der Waals surface area contributed by atoms with E-state index in [2.05, 4.69) is 15.1 Å². The summed E-state index contributed by atoms with van der Waals surface area (Å²) in [6, 6.07) is 7.85. The Morgan fingerprint density at radius 3 is 2.75 bits per heavy atom. The first-order valence-corrected chi connectivity index (χ1v) is 5.89. The van der Waals surface area contributed by atoms with Crippen molar-refractivity contribution >= 4 is 0 Å². The van der Waals surface area contributed by atoms with Crippen molar-refractivity contribution < 1.29 is 14.0 Å². The average molecular weight is 271 g/mol. The van der Waals surface area contributed by atoms with Crippen molar-refractivity contribution in [1.82, 2.24) is 15.1 Å². The molecule has 1 N–H and O–H groups in total. The normalized spacial score (nSPS) is 10.7. The zero-order chi connectivity index (χ0) is 14.1. The maximum absolute atomic E-state index is 12.8. The van der Waals surface area contributed by atoms with E-state index < -0.39 is 5.82 Å². The van der Waals surface area contributed by atoms with Crippen LogP contribution in [0.1, 0.15) is 5.56 Å². The minimum Gasteiger partial charge on any atom is -0.507 e. The number of aromatic nitrogens is 3. The van der Waals surface area contributed by atoms with Crippen LogP contribution in [0.15, 0.2) is 41.1 Å². The summed E-state index contributed by atoms with van der Waals surface area (Å²) in [6.07, 6.45) is 1.08. The molecular formula is C14H10FN3O2. The number of phenols is 1. The van der Waals surface area contributed by atoms with Crippen LogP contribution >= 0.6 is 0 Å². The zero-order valence-electron chi connectivity index (χ0n) is 10.5. The first kappa shape index (κ1) is 12.3. The highest BCUT2D eigenvalue weighted by molar-refractivity contribution is 5.64. The van der Waals surface area contributed by atoms with E-state index in [-0.39, 0.29) is 17.5 Å². The Morgan fingerprint density at radius 1 is 1.20 bits per heavy atom. The molecule has 0 aliphatic carbocycles. The molecule has 0 saturated heterocycles. The molecule has 100 valence electrons. The Bertz CT molecular complexity index is 753. The van der Waals surface area contributed by atoms with Gasteiger partial charge in [-0.2, -0.15) is 4.98 Å². The third-order valence-electron chi connectivity index (χ3n) is 2.77. The fraction of sp³-hybridized carbons (Fsp3) is 0.0714. The lowest BCUT2D eigenvalue weighted by molar-refractivity contribution is 0.425. The van der Waals surface area contributed by atoms with Gasteiger partial charge in [-0.25, -0.2) is 9.37 Å². The third-order valence-corrected chi connectivity index (χ3v) is 2.77. The minimum absolute atomic E-state index is 0.0623. The van der Waals surface area contributed by atoms with Gasteiger partial charge < -0.3 is 9.63 Å². The van der Waals surface area contributed by atoms with Gasteiger partial charge in [-0.05, 0) is 36.8 Å². The van der Waals surface area contributed by atoms with E-state index in [1.54, 1.807) is 12.1 Å². The summed E-state index contributed by atoms with van der Waals surface area (Å²) in [4.78, 5) is 8.02. The second kappa shape index (κ2) is 4.73. The molecule has 0 radical (unpaired) electrons. The Balaban J connectivity index is 1.99. The Hall–Kier alpha value is -2.76. The van der Waals surface area contributed by atoms with E-state index in [9.17, 15) is 9.50 Å². The lowest BCUT2D eigenvalue weighted by atomic mass is 10.1. The number of pyridine rings is 1. The first-order valence-electron chi connectivity index (χ1n) is 5.89. The number of aromatic hydroxyl groups is 1. The molecule has 0 spiro atoms. The van der Waals surface area contributed by atoms with Crippen molar-refractivity contribution in [2.45, 2.75) is 6.92 Å². The summed E-state index contributed by atoms with van der Waals surface area (Å²) >= 11 is 0. The highest BCUT2D eigenvalue weighted by atomic mass is 19.1. The molecule has 0 fully saturated rings. The number of hydrogen-bond donors (Lipinski definition) is 1. The lowest BCUT2D eigenvalue weighted by Gasteiger charge is -1.99.